The third-order valence-electron chi connectivity index (χ3n) is 3.64. The minimum absolute atomic E-state index is 0.0746. The van der Waals surface area contributed by atoms with Crippen molar-refractivity contribution in [3.05, 3.63) is 34.6 Å². The van der Waals surface area contributed by atoms with Gasteiger partial charge in [-0.1, -0.05) is 17.7 Å². The van der Waals surface area contributed by atoms with E-state index < -0.39 is 36.7 Å². The molecule has 1 aromatic rings. The third kappa shape index (κ3) is 3.35. The highest BCUT2D eigenvalue weighted by atomic mass is 35.5. The Bertz CT molecular complexity index is 597. The summed E-state index contributed by atoms with van der Waals surface area (Å²) in [6, 6.07) is 3.28. The minimum atomic E-state index is -2.68. The first-order chi connectivity index (χ1) is 10.3. The van der Waals surface area contributed by atoms with Gasteiger partial charge in [-0.15, -0.1) is 0 Å². The second kappa shape index (κ2) is 6.56. The number of nitrogens with one attached hydrogen (secondary N) is 1. The Balaban J connectivity index is 2.26. The van der Waals surface area contributed by atoms with E-state index in [1.54, 1.807) is 0 Å². The fraction of sp³-hybridized carbons (Fsp3) is 0.429. The van der Waals surface area contributed by atoms with E-state index in [2.05, 4.69) is 5.32 Å². The standard InChI is InChI=1S/C14H14ClF3N2O2/c1-20-12(21)5-8(14(22)19-6-11(17)18)13(20)7-2-3-9(15)10(16)4-7/h2-4,8,11,13H,5-6H2,1H3,(H,19,22)/t8-,13-/m1/s1. The summed E-state index contributed by atoms with van der Waals surface area (Å²) in [6.45, 7) is -0.783. The summed E-state index contributed by atoms with van der Waals surface area (Å²) in [6.07, 6.45) is -2.79. The van der Waals surface area contributed by atoms with Crippen molar-refractivity contribution in [3.8, 4) is 0 Å². The molecule has 4 nitrogen and oxygen atoms in total. The molecule has 0 unspecified atom stereocenters. The number of likely N-dealkylation sites (tertiary alicyclic amines) is 1. The zero-order valence-corrected chi connectivity index (χ0v) is 12.4. The molecule has 0 spiro atoms. The second-order valence-electron chi connectivity index (χ2n) is 5.07. The number of rotatable bonds is 4. The Morgan fingerprint density at radius 2 is 2.18 bits per heavy atom. The summed E-state index contributed by atoms with van der Waals surface area (Å²) in [7, 11) is 1.49. The molecule has 0 radical (unpaired) electrons. The smallest absolute Gasteiger partial charge is 0.255 e. The highest BCUT2D eigenvalue weighted by Gasteiger charge is 2.42. The molecular formula is C14H14ClF3N2O2. The van der Waals surface area contributed by atoms with Crippen LogP contribution in [0.1, 0.15) is 18.0 Å². The van der Waals surface area contributed by atoms with Gasteiger partial charge >= 0.3 is 0 Å². The van der Waals surface area contributed by atoms with Crippen LogP contribution in [0.15, 0.2) is 18.2 Å². The van der Waals surface area contributed by atoms with Gasteiger partial charge in [0.25, 0.3) is 6.43 Å². The third-order valence-corrected chi connectivity index (χ3v) is 3.95. The lowest BCUT2D eigenvalue weighted by molar-refractivity contribution is -0.128. The molecule has 2 amide bonds. The zero-order chi connectivity index (χ0) is 16.4. The number of carbonyl (C=O) groups excluding carboxylic acids is 2. The van der Waals surface area contributed by atoms with E-state index in [-0.39, 0.29) is 17.4 Å². The fourth-order valence-corrected chi connectivity index (χ4v) is 2.68. The predicted octanol–water partition coefficient (Wildman–Crippen LogP) is 2.38. The van der Waals surface area contributed by atoms with Gasteiger partial charge in [-0.3, -0.25) is 9.59 Å². The molecule has 2 rings (SSSR count). The van der Waals surface area contributed by atoms with Gasteiger partial charge in [0, 0.05) is 13.5 Å². The molecular weight excluding hydrogens is 321 g/mol. The molecule has 0 aromatic heterocycles. The SMILES string of the molecule is CN1C(=O)C[C@@H](C(=O)NCC(F)F)[C@H]1c1ccc(Cl)c(F)c1. The Labute approximate surface area is 130 Å². The zero-order valence-electron chi connectivity index (χ0n) is 11.7. The maximum Gasteiger partial charge on any atom is 0.255 e. The number of hydrogen-bond donors (Lipinski definition) is 1. The van der Waals surface area contributed by atoms with E-state index in [9.17, 15) is 22.8 Å². The van der Waals surface area contributed by atoms with Crippen molar-refractivity contribution in [3.63, 3.8) is 0 Å². The summed E-state index contributed by atoms with van der Waals surface area (Å²) in [5.41, 5.74) is 0.396. The number of benzene rings is 1. The van der Waals surface area contributed by atoms with E-state index in [0.717, 1.165) is 6.07 Å². The van der Waals surface area contributed by atoms with Gasteiger partial charge < -0.3 is 10.2 Å². The van der Waals surface area contributed by atoms with Gasteiger partial charge in [0.1, 0.15) is 5.82 Å². The molecule has 1 fully saturated rings. The molecule has 1 aliphatic heterocycles. The van der Waals surface area contributed by atoms with Gasteiger partial charge in [0.2, 0.25) is 11.8 Å². The summed E-state index contributed by atoms with van der Waals surface area (Å²) in [5.74, 6) is -2.48. The Morgan fingerprint density at radius 3 is 2.77 bits per heavy atom. The Hall–Kier alpha value is -1.76. The van der Waals surface area contributed by atoms with Crippen LogP contribution in [0.25, 0.3) is 0 Å². The van der Waals surface area contributed by atoms with Gasteiger partial charge in [-0.2, -0.15) is 0 Å². The van der Waals surface area contributed by atoms with E-state index in [4.69, 9.17) is 11.6 Å². The van der Waals surface area contributed by atoms with E-state index in [1.165, 1.54) is 24.1 Å². The average molecular weight is 335 g/mol. The topological polar surface area (TPSA) is 49.4 Å². The van der Waals surface area contributed by atoms with Crippen molar-refractivity contribution < 1.29 is 22.8 Å². The van der Waals surface area contributed by atoms with Crippen LogP contribution in [0.2, 0.25) is 5.02 Å². The number of halogens is 4. The van der Waals surface area contributed by atoms with Crippen molar-refractivity contribution in [1.29, 1.82) is 0 Å². The number of amides is 2. The lowest BCUT2D eigenvalue weighted by atomic mass is 9.93. The van der Waals surface area contributed by atoms with Crippen LogP contribution in [-0.2, 0) is 9.59 Å². The maximum atomic E-state index is 13.6. The van der Waals surface area contributed by atoms with Gasteiger partial charge in [0.15, 0.2) is 0 Å². The summed E-state index contributed by atoms with van der Waals surface area (Å²) in [4.78, 5) is 25.2. The van der Waals surface area contributed by atoms with E-state index in [1.807, 2.05) is 0 Å². The number of nitrogens with zero attached hydrogens (tertiary/aromatic N) is 1. The molecule has 0 aliphatic carbocycles. The average Bonchev–Trinajstić information content (AvgIpc) is 2.75. The lowest BCUT2D eigenvalue weighted by Crippen LogP contribution is -2.36. The molecule has 0 bridgehead atoms. The molecule has 2 atom stereocenters. The van der Waals surface area contributed by atoms with E-state index in [0.29, 0.717) is 5.56 Å². The Kier molecular flexibility index (Phi) is 4.95. The van der Waals surface area contributed by atoms with Crippen molar-refractivity contribution >= 4 is 23.4 Å². The van der Waals surface area contributed by atoms with Crippen LogP contribution in [0.3, 0.4) is 0 Å². The first kappa shape index (κ1) is 16.6. The monoisotopic (exact) mass is 334 g/mol. The molecule has 1 aromatic carbocycles. The molecule has 1 N–H and O–H groups in total. The van der Waals surface area contributed by atoms with Crippen molar-refractivity contribution in [2.75, 3.05) is 13.6 Å². The first-order valence-corrected chi connectivity index (χ1v) is 6.95. The van der Waals surface area contributed by atoms with Crippen molar-refractivity contribution in [1.82, 2.24) is 10.2 Å². The van der Waals surface area contributed by atoms with Crippen LogP contribution < -0.4 is 5.32 Å². The number of carbonyl (C=O) groups is 2. The summed E-state index contributed by atoms with van der Waals surface area (Å²) >= 11 is 5.62. The molecule has 1 heterocycles. The maximum absolute atomic E-state index is 13.6. The van der Waals surface area contributed by atoms with Crippen LogP contribution >= 0.6 is 11.6 Å². The molecule has 1 saturated heterocycles. The fourth-order valence-electron chi connectivity index (χ4n) is 2.57. The van der Waals surface area contributed by atoms with Crippen LogP contribution in [0.4, 0.5) is 13.2 Å². The summed E-state index contributed by atoms with van der Waals surface area (Å²) < 4.78 is 38.0. The van der Waals surface area contributed by atoms with Gasteiger partial charge in [0.05, 0.1) is 23.5 Å². The minimum Gasteiger partial charge on any atom is -0.350 e. The second-order valence-corrected chi connectivity index (χ2v) is 5.48. The lowest BCUT2D eigenvalue weighted by Gasteiger charge is -2.25. The largest absolute Gasteiger partial charge is 0.350 e. The molecule has 22 heavy (non-hydrogen) atoms. The highest BCUT2D eigenvalue weighted by molar-refractivity contribution is 6.30. The quantitative estimate of drug-likeness (QED) is 0.919. The van der Waals surface area contributed by atoms with Crippen LogP contribution in [0, 0.1) is 11.7 Å². The van der Waals surface area contributed by atoms with Crippen molar-refractivity contribution in [2.45, 2.75) is 18.9 Å². The number of hydrogen-bond acceptors (Lipinski definition) is 2. The molecule has 0 saturated carbocycles. The molecule has 1 aliphatic rings. The van der Waals surface area contributed by atoms with Gasteiger partial charge in [-0.05, 0) is 17.7 Å². The number of alkyl halides is 2. The molecule has 120 valence electrons. The van der Waals surface area contributed by atoms with Crippen LogP contribution in [-0.4, -0.2) is 36.7 Å². The van der Waals surface area contributed by atoms with Crippen LogP contribution in [0.5, 0.6) is 0 Å². The Morgan fingerprint density at radius 1 is 1.50 bits per heavy atom. The normalized spacial score (nSPS) is 21.5. The van der Waals surface area contributed by atoms with E-state index >= 15 is 0 Å². The van der Waals surface area contributed by atoms with Gasteiger partial charge in [-0.25, -0.2) is 13.2 Å². The highest BCUT2D eigenvalue weighted by Crippen LogP contribution is 2.38. The van der Waals surface area contributed by atoms with Crippen molar-refractivity contribution in [2.24, 2.45) is 5.92 Å². The predicted molar refractivity (Wildman–Crippen MR) is 74.0 cm³/mol. The molecule has 8 heteroatoms. The summed E-state index contributed by atoms with van der Waals surface area (Å²) in [5, 5.41) is 2.03. The first-order valence-electron chi connectivity index (χ1n) is 6.57.